The molecule has 0 heterocycles. The molecule has 1 aromatic rings. The molecule has 0 aliphatic carbocycles. The molecule has 0 aliphatic heterocycles. The quantitative estimate of drug-likeness (QED) is 0.848. The van der Waals surface area contributed by atoms with Gasteiger partial charge in [-0.3, -0.25) is 0 Å². The number of benzene rings is 1. The summed E-state index contributed by atoms with van der Waals surface area (Å²) in [6.45, 7) is 4.19. The largest absolute Gasteiger partial charge is 0.390 e. The maximum Gasteiger partial charge on any atom is 0.101 e. The molecule has 1 aromatic carbocycles. The fourth-order valence-electron chi connectivity index (χ4n) is 1.23. The fraction of sp³-hybridized carbons (Fsp3) is 0.417. The maximum atomic E-state index is 9.52. The zero-order valence-corrected chi connectivity index (χ0v) is 10.2. The number of rotatable bonds is 4. The van der Waals surface area contributed by atoms with Crippen molar-refractivity contribution in [3.63, 3.8) is 0 Å². The summed E-state index contributed by atoms with van der Waals surface area (Å²) in [6.07, 6.45) is 0.643. The van der Waals surface area contributed by atoms with E-state index in [1.54, 1.807) is 32.0 Å². The Hall–Kier alpha value is -1.24. The second-order valence-electron chi connectivity index (χ2n) is 4.30. The van der Waals surface area contributed by atoms with Gasteiger partial charge in [0.1, 0.15) is 6.07 Å². The Labute approximate surface area is 101 Å². The lowest BCUT2D eigenvalue weighted by atomic mass is 10.1. The minimum absolute atomic E-state index is 0.441. The predicted octanol–water partition coefficient (Wildman–Crippen LogP) is 2.78. The lowest BCUT2D eigenvalue weighted by molar-refractivity contribution is 0.0749. The van der Waals surface area contributed by atoms with Crippen molar-refractivity contribution in [1.29, 1.82) is 5.26 Å². The number of aliphatic hydroxyl groups is 1. The van der Waals surface area contributed by atoms with Crippen LogP contribution in [0.2, 0.25) is 5.02 Å². The lowest BCUT2D eigenvalue weighted by Crippen LogP contribution is -2.22. The van der Waals surface area contributed by atoms with Gasteiger partial charge in [0.25, 0.3) is 0 Å². The summed E-state index contributed by atoms with van der Waals surface area (Å²) in [6, 6.07) is 7.19. The van der Waals surface area contributed by atoms with Gasteiger partial charge in [-0.15, -0.1) is 0 Å². The van der Waals surface area contributed by atoms with Gasteiger partial charge in [0.2, 0.25) is 0 Å². The number of halogens is 1. The number of nitrogens with one attached hydrogen (secondary N) is 1. The Bertz CT molecular complexity index is 404. The molecule has 86 valence electrons. The van der Waals surface area contributed by atoms with Gasteiger partial charge in [0.05, 0.1) is 16.2 Å². The van der Waals surface area contributed by atoms with Crippen LogP contribution in [0.1, 0.15) is 25.8 Å². The number of nitrogens with zero attached hydrogens (tertiary/aromatic N) is 1. The number of anilines is 1. The third-order valence-corrected chi connectivity index (χ3v) is 2.47. The van der Waals surface area contributed by atoms with Crippen LogP contribution in [0.5, 0.6) is 0 Å². The summed E-state index contributed by atoms with van der Waals surface area (Å²) >= 11 is 5.89. The van der Waals surface area contributed by atoms with Crippen LogP contribution < -0.4 is 5.32 Å². The van der Waals surface area contributed by atoms with Crippen LogP contribution in [0.15, 0.2) is 18.2 Å². The Kier molecular flexibility index (Phi) is 4.17. The van der Waals surface area contributed by atoms with Crippen LogP contribution in [0.4, 0.5) is 5.69 Å². The minimum Gasteiger partial charge on any atom is -0.390 e. The van der Waals surface area contributed by atoms with E-state index in [1.807, 2.05) is 6.07 Å². The molecule has 16 heavy (non-hydrogen) atoms. The van der Waals surface area contributed by atoms with Crippen LogP contribution in [-0.2, 0) is 0 Å². The van der Waals surface area contributed by atoms with Gasteiger partial charge >= 0.3 is 0 Å². The standard InChI is InChI=1S/C12H15ClN2O/c1-12(2,16)5-6-15-10-4-3-9(8-14)11(13)7-10/h3-4,7,15-16H,5-6H2,1-2H3. The molecule has 0 unspecified atom stereocenters. The molecule has 0 atom stereocenters. The van der Waals surface area contributed by atoms with Gasteiger partial charge in [-0.1, -0.05) is 11.6 Å². The Balaban J connectivity index is 2.57. The highest BCUT2D eigenvalue weighted by molar-refractivity contribution is 6.32. The normalized spacial score (nSPS) is 10.9. The van der Waals surface area contributed by atoms with Gasteiger partial charge in [-0.2, -0.15) is 5.26 Å². The van der Waals surface area contributed by atoms with Crippen LogP contribution in [0, 0.1) is 11.3 Å². The van der Waals surface area contributed by atoms with E-state index in [0.717, 1.165) is 5.69 Å². The molecular weight excluding hydrogens is 224 g/mol. The molecule has 3 nitrogen and oxygen atoms in total. The summed E-state index contributed by atoms with van der Waals surface area (Å²) in [5.41, 5.74) is 0.645. The Morgan fingerprint density at radius 3 is 2.69 bits per heavy atom. The van der Waals surface area contributed by atoms with Crippen LogP contribution in [0.25, 0.3) is 0 Å². The molecular formula is C12H15ClN2O. The van der Waals surface area contributed by atoms with Crippen LogP contribution in [0.3, 0.4) is 0 Å². The van der Waals surface area contributed by atoms with Crippen LogP contribution >= 0.6 is 11.6 Å². The first kappa shape index (κ1) is 12.8. The highest BCUT2D eigenvalue weighted by Gasteiger charge is 2.11. The first-order valence-electron chi connectivity index (χ1n) is 5.08. The van der Waals surface area contributed by atoms with Crippen molar-refractivity contribution >= 4 is 17.3 Å². The van der Waals surface area contributed by atoms with E-state index in [-0.39, 0.29) is 0 Å². The Morgan fingerprint density at radius 1 is 1.50 bits per heavy atom. The first-order chi connectivity index (χ1) is 7.42. The molecule has 0 radical (unpaired) electrons. The summed E-state index contributed by atoms with van der Waals surface area (Å²) in [7, 11) is 0. The molecule has 2 N–H and O–H groups in total. The SMILES string of the molecule is CC(C)(O)CCNc1ccc(C#N)c(Cl)c1. The van der Waals surface area contributed by atoms with E-state index in [1.165, 1.54) is 0 Å². The molecule has 0 aromatic heterocycles. The van der Waals surface area contributed by atoms with Gasteiger partial charge in [0, 0.05) is 12.2 Å². The van der Waals surface area contributed by atoms with E-state index in [4.69, 9.17) is 16.9 Å². The monoisotopic (exact) mass is 238 g/mol. The average molecular weight is 239 g/mol. The molecule has 0 fully saturated rings. The van der Waals surface area contributed by atoms with E-state index in [9.17, 15) is 5.11 Å². The Morgan fingerprint density at radius 2 is 2.19 bits per heavy atom. The predicted molar refractivity (Wildman–Crippen MR) is 65.6 cm³/mol. The van der Waals surface area contributed by atoms with Gasteiger partial charge in [-0.05, 0) is 38.5 Å². The molecule has 4 heteroatoms. The third-order valence-electron chi connectivity index (χ3n) is 2.16. The topological polar surface area (TPSA) is 56.0 Å². The van der Waals surface area contributed by atoms with Gasteiger partial charge in [-0.25, -0.2) is 0 Å². The number of hydrogen-bond acceptors (Lipinski definition) is 3. The van der Waals surface area contributed by atoms with Gasteiger partial charge in [0.15, 0.2) is 0 Å². The molecule has 0 saturated heterocycles. The average Bonchev–Trinajstić information content (AvgIpc) is 2.16. The molecule has 0 spiro atoms. The number of nitriles is 1. The van der Waals surface area contributed by atoms with E-state index in [2.05, 4.69) is 5.32 Å². The second-order valence-corrected chi connectivity index (χ2v) is 4.70. The highest BCUT2D eigenvalue weighted by atomic mass is 35.5. The maximum absolute atomic E-state index is 9.52. The summed E-state index contributed by atoms with van der Waals surface area (Å²) < 4.78 is 0. The molecule has 0 saturated carbocycles. The smallest absolute Gasteiger partial charge is 0.101 e. The second kappa shape index (κ2) is 5.20. The molecule has 1 rings (SSSR count). The summed E-state index contributed by atoms with van der Waals surface area (Å²) in [5.74, 6) is 0. The van der Waals surface area contributed by atoms with Gasteiger partial charge < -0.3 is 10.4 Å². The van der Waals surface area contributed by atoms with E-state index < -0.39 is 5.60 Å². The third kappa shape index (κ3) is 4.09. The van der Waals surface area contributed by atoms with Crippen molar-refractivity contribution in [2.75, 3.05) is 11.9 Å². The lowest BCUT2D eigenvalue weighted by Gasteiger charge is -2.17. The first-order valence-corrected chi connectivity index (χ1v) is 5.46. The van der Waals surface area contributed by atoms with Crippen molar-refractivity contribution in [2.24, 2.45) is 0 Å². The molecule has 0 aliphatic rings. The van der Waals surface area contributed by atoms with Crippen molar-refractivity contribution in [2.45, 2.75) is 25.9 Å². The van der Waals surface area contributed by atoms with Crippen molar-refractivity contribution in [3.8, 4) is 6.07 Å². The van der Waals surface area contributed by atoms with Crippen LogP contribution in [-0.4, -0.2) is 17.3 Å². The van der Waals surface area contributed by atoms with E-state index >= 15 is 0 Å². The van der Waals surface area contributed by atoms with Crippen molar-refractivity contribution in [1.82, 2.24) is 0 Å². The molecule has 0 amide bonds. The zero-order chi connectivity index (χ0) is 12.2. The highest BCUT2D eigenvalue weighted by Crippen LogP contribution is 2.20. The number of hydrogen-bond donors (Lipinski definition) is 2. The minimum atomic E-state index is -0.677. The summed E-state index contributed by atoms with van der Waals surface area (Å²) in [4.78, 5) is 0. The summed E-state index contributed by atoms with van der Waals surface area (Å²) in [5, 5.41) is 21.8. The molecule has 0 bridgehead atoms. The fourth-order valence-corrected chi connectivity index (χ4v) is 1.45. The van der Waals surface area contributed by atoms with E-state index in [0.29, 0.717) is 23.6 Å². The van der Waals surface area contributed by atoms with Crippen molar-refractivity contribution in [3.05, 3.63) is 28.8 Å². The van der Waals surface area contributed by atoms with Crippen molar-refractivity contribution < 1.29 is 5.11 Å². The zero-order valence-electron chi connectivity index (χ0n) is 9.42.